The van der Waals surface area contributed by atoms with Crippen LogP contribution in [0.3, 0.4) is 0 Å². The molecule has 2 saturated heterocycles. The van der Waals surface area contributed by atoms with Gasteiger partial charge < -0.3 is 29.4 Å². The Morgan fingerprint density at radius 2 is 2.00 bits per heavy atom. The highest BCUT2D eigenvalue weighted by atomic mass is 16.6. The molecule has 9 heteroatoms. The Morgan fingerprint density at radius 3 is 2.62 bits per heavy atom. The smallest absolute Gasteiger partial charge is 0.306 e. The second kappa shape index (κ2) is 9.69. The number of rotatable bonds is 8. The van der Waals surface area contributed by atoms with Crippen molar-refractivity contribution in [1.82, 2.24) is 5.32 Å². The van der Waals surface area contributed by atoms with Crippen LogP contribution >= 0.6 is 0 Å². The minimum absolute atomic E-state index is 0.0103. The Morgan fingerprint density at radius 1 is 1.27 bits per heavy atom. The Kier molecular flexibility index (Phi) is 7.88. The zero-order valence-electron chi connectivity index (χ0n) is 15.6. The van der Waals surface area contributed by atoms with E-state index in [-0.39, 0.29) is 37.6 Å². The minimum Gasteiger partial charge on any atom is -0.459 e. The summed E-state index contributed by atoms with van der Waals surface area (Å²) in [5, 5.41) is 12.7. The molecular formula is C17H28BNO7. The fourth-order valence-corrected chi connectivity index (χ4v) is 3.26. The summed E-state index contributed by atoms with van der Waals surface area (Å²) in [6.45, 7) is 3.92. The van der Waals surface area contributed by atoms with Gasteiger partial charge in [0.05, 0.1) is 25.2 Å². The molecule has 0 spiro atoms. The van der Waals surface area contributed by atoms with Crippen molar-refractivity contribution < 1.29 is 33.6 Å². The number of nitrogens with one attached hydrogen (secondary N) is 1. The van der Waals surface area contributed by atoms with Gasteiger partial charge >= 0.3 is 5.97 Å². The van der Waals surface area contributed by atoms with Gasteiger partial charge in [0, 0.05) is 25.9 Å². The molecule has 146 valence electrons. The maximum Gasteiger partial charge on any atom is 0.306 e. The summed E-state index contributed by atoms with van der Waals surface area (Å²) in [6.07, 6.45) is -1.52. The summed E-state index contributed by atoms with van der Waals surface area (Å²) in [4.78, 5) is 23.2. The van der Waals surface area contributed by atoms with E-state index in [4.69, 9.17) is 26.8 Å². The third-order valence-corrected chi connectivity index (χ3v) is 4.73. The summed E-state index contributed by atoms with van der Waals surface area (Å²) in [5.74, 6) is -0.666. The molecule has 2 fully saturated rings. The molecule has 2 N–H and O–H groups in total. The third kappa shape index (κ3) is 5.42. The lowest BCUT2D eigenvalue weighted by molar-refractivity contribution is -0.156. The van der Waals surface area contributed by atoms with Gasteiger partial charge in [0.2, 0.25) is 5.91 Å². The van der Waals surface area contributed by atoms with Gasteiger partial charge in [-0.15, -0.1) is 0 Å². The molecule has 0 aromatic carbocycles. The zero-order chi connectivity index (χ0) is 19.3. The van der Waals surface area contributed by atoms with Crippen LogP contribution in [0.5, 0.6) is 0 Å². The monoisotopic (exact) mass is 369 g/mol. The molecule has 26 heavy (non-hydrogen) atoms. The lowest BCUT2D eigenvalue weighted by atomic mass is 9.92. The van der Waals surface area contributed by atoms with Crippen LogP contribution in [0.25, 0.3) is 0 Å². The Balaban J connectivity index is 1.83. The van der Waals surface area contributed by atoms with E-state index in [1.807, 2.05) is 13.8 Å². The summed E-state index contributed by atoms with van der Waals surface area (Å²) in [5.41, 5.74) is 0. The van der Waals surface area contributed by atoms with Crippen molar-refractivity contribution in [3.05, 3.63) is 0 Å². The van der Waals surface area contributed by atoms with Gasteiger partial charge in [-0.25, -0.2) is 0 Å². The summed E-state index contributed by atoms with van der Waals surface area (Å²) in [6, 6.07) is -0.706. The van der Waals surface area contributed by atoms with Crippen molar-refractivity contribution in [3.8, 4) is 0 Å². The van der Waals surface area contributed by atoms with Crippen LogP contribution in [-0.2, 0) is 28.5 Å². The van der Waals surface area contributed by atoms with Crippen LogP contribution in [0.15, 0.2) is 0 Å². The SMILES string of the molecule is [B][C@@H]1O[C@H](CC)C(O)[C@@H]1OC[C@H]1O[C@@H](C)CC1OC(=O)CCC(=O)NC. The van der Waals surface area contributed by atoms with Crippen molar-refractivity contribution >= 4 is 19.7 Å². The van der Waals surface area contributed by atoms with E-state index in [1.165, 1.54) is 7.05 Å². The summed E-state index contributed by atoms with van der Waals surface area (Å²) >= 11 is 0. The van der Waals surface area contributed by atoms with Crippen molar-refractivity contribution in [2.45, 2.75) is 82.2 Å². The highest BCUT2D eigenvalue weighted by molar-refractivity contribution is 6.11. The molecule has 8 nitrogen and oxygen atoms in total. The van der Waals surface area contributed by atoms with E-state index in [2.05, 4.69) is 5.32 Å². The van der Waals surface area contributed by atoms with Crippen LogP contribution in [0, 0.1) is 0 Å². The first-order valence-electron chi connectivity index (χ1n) is 9.11. The van der Waals surface area contributed by atoms with Gasteiger partial charge in [-0.05, 0) is 13.3 Å². The van der Waals surface area contributed by atoms with Crippen LogP contribution in [0.1, 0.15) is 39.5 Å². The second-order valence-corrected chi connectivity index (χ2v) is 6.76. The fourth-order valence-electron chi connectivity index (χ4n) is 3.26. The topological polar surface area (TPSA) is 103 Å². The minimum atomic E-state index is -0.803. The number of hydrogen-bond donors (Lipinski definition) is 2. The molecule has 0 aromatic heterocycles. The molecule has 2 aliphatic rings. The van der Waals surface area contributed by atoms with Crippen molar-refractivity contribution in [1.29, 1.82) is 0 Å². The molecule has 0 bridgehead atoms. The largest absolute Gasteiger partial charge is 0.459 e. The first-order valence-corrected chi connectivity index (χ1v) is 9.11. The standard InChI is InChI=1S/C17H28BNO7/c1-4-10-15(22)16(17(18)26-10)23-8-12-11(7-9(2)24-12)25-14(21)6-5-13(20)19-3/h9-12,15-17,22H,4-8H2,1-3H3,(H,19,20)/t9-,10+,11?,12+,15?,16-,17+/m0/s1. The molecule has 0 aliphatic carbocycles. The quantitative estimate of drug-likeness (QED) is 0.445. The van der Waals surface area contributed by atoms with E-state index in [0.29, 0.717) is 12.8 Å². The summed E-state index contributed by atoms with van der Waals surface area (Å²) in [7, 11) is 7.39. The average molecular weight is 369 g/mol. The van der Waals surface area contributed by atoms with Crippen LogP contribution < -0.4 is 5.32 Å². The maximum absolute atomic E-state index is 11.9. The molecular weight excluding hydrogens is 341 g/mol. The summed E-state index contributed by atoms with van der Waals surface area (Å²) < 4.78 is 22.4. The van der Waals surface area contributed by atoms with Gasteiger partial charge in [0.1, 0.15) is 32.3 Å². The fraction of sp³-hybridized carbons (Fsp3) is 0.882. The van der Waals surface area contributed by atoms with E-state index in [0.717, 1.165) is 0 Å². The van der Waals surface area contributed by atoms with Gasteiger partial charge in [-0.1, -0.05) is 6.92 Å². The first kappa shape index (κ1) is 21.1. The van der Waals surface area contributed by atoms with Crippen LogP contribution in [0.2, 0.25) is 0 Å². The maximum atomic E-state index is 11.9. The predicted molar refractivity (Wildman–Crippen MR) is 92.6 cm³/mol. The van der Waals surface area contributed by atoms with Crippen molar-refractivity contribution in [2.75, 3.05) is 13.7 Å². The molecule has 2 aliphatic heterocycles. The van der Waals surface area contributed by atoms with Gasteiger partial charge in [-0.3, -0.25) is 9.59 Å². The normalized spacial score (nSPS) is 36.8. The molecule has 1 amide bonds. The first-order chi connectivity index (χ1) is 12.3. The zero-order valence-corrected chi connectivity index (χ0v) is 15.6. The molecule has 2 heterocycles. The van der Waals surface area contributed by atoms with Crippen LogP contribution in [-0.4, -0.2) is 81.1 Å². The van der Waals surface area contributed by atoms with Crippen molar-refractivity contribution in [3.63, 3.8) is 0 Å². The van der Waals surface area contributed by atoms with E-state index >= 15 is 0 Å². The average Bonchev–Trinajstić information content (AvgIpc) is 3.09. The lowest BCUT2D eigenvalue weighted by Crippen LogP contribution is -2.39. The highest BCUT2D eigenvalue weighted by Crippen LogP contribution is 2.28. The molecule has 2 unspecified atom stereocenters. The number of aliphatic hydroxyl groups is 1. The molecule has 0 aromatic rings. The predicted octanol–water partition coefficient (Wildman–Crippen LogP) is -0.349. The molecule has 2 radical (unpaired) electrons. The van der Waals surface area contributed by atoms with Gasteiger partial charge in [0.25, 0.3) is 0 Å². The number of esters is 1. The Bertz CT molecular complexity index is 492. The highest BCUT2D eigenvalue weighted by Gasteiger charge is 2.43. The number of amides is 1. The van der Waals surface area contributed by atoms with E-state index in [9.17, 15) is 14.7 Å². The number of aliphatic hydroxyl groups excluding tert-OH is 1. The molecule has 0 saturated carbocycles. The molecule has 7 atom stereocenters. The van der Waals surface area contributed by atoms with Gasteiger partial charge in [0.15, 0.2) is 0 Å². The molecule has 2 rings (SSSR count). The Hall–Kier alpha value is -1.16. The third-order valence-electron chi connectivity index (χ3n) is 4.73. The second-order valence-electron chi connectivity index (χ2n) is 6.76. The number of hydrogen-bond acceptors (Lipinski definition) is 7. The van der Waals surface area contributed by atoms with Gasteiger partial charge in [-0.2, -0.15) is 0 Å². The number of carbonyl (C=O) groups is 2. The lowest BCUT2D eigenvalue weighted by Gasteiger charge is -2.24. The van der Waals surface area contributed by atoms with E-state index < -0.39 is 36.4 Å². The Labute approximate surface area is 155 Å². The van der Waals surface area contributed by atoms with E-state index in [1.54, 1.807) is 0 Å². The number of carbonyl (C=O) groups excluding carboxylic acids is 2. The van der Waals surface area contributed by atoms with Crippen molar-refractivity contribution in [2.24, 2.45) is 0 Å². The number of ether oxygens (including phenoxy) is 4. The van der Waals surface area contributed by atoms with Crippen LogP contribution in [0.4, 0.5) is 0 Å².